The van der Waals surface area contributed by atoms with Crippen molar-refractivity contribution < 1.29 is 0 Å². The first-order valence-electron chi connectivity index (χ1n) is 5.64. The summed E-state index contributed by atoms with van der Waals surface area (Å²) in [6.07, 6.45) is 2.27. The van der Waals surface area contributed by atoms with Crippen LogP contribution in [0.25, 0.3) is 0 Å². The summed E-state index contributed by atoms with van der Waals surface area (Å²) in [6.45, 7) is 7.91. The molecule has 90 valence electrons. The lowest BCUT2D eigenvalue weighted by molar-refractivity contribution is 0.723. The van der Waals surface area contributed by atoms with Gasteiger partial charge in [-0.25, -0.2) is 4.98 Å². The number of anilines is 2. The molecule has 2 N–H and O–H groups in total. The molecule has 0 spiro atoms. The lowest BCUT2D eigenvalue weighted by Crippen LogP contribution is -2.26. The number of hydrogen-bond acceptors (Lipinski definition) is 4. The fraction of sp³-hybridized carbons (Fsp3) is 0.636. The van der Waals surface area contributed by atoms with E-state index in [1.54, 1.807) is 0 Å². The van der Waals surface area contributed by atoms with E-state index in [1.165, 1.54) is 0 Å². The molecule has 0 atom stereocenters. The van der Waals surface area contributed by atoms with Crippen LogP contribution >= 0.6 is 11.6 Å². The number of aromatic nitrogens is 2. The molecule has 4 nitrogen and oxygen atoms in total. The fourth-order valence-electron chi connectivity index (χ4n) is 1.54. The summed E-state index contributed by atoms with van der Waals surface area (Å²) >= 11 is 5.85. The zero-order chi connectivity index (χ0) is 12.1. The maximum Gasteiger partial charge on any atom is 0.224 e. The van der Waals surface area contributed by atoms with Crippen molar-refractivity contribution in [1.82, 2.24) is 9.97 Å². The van der Waals surface area contributed by atoms with Crippen molar-refractivity contribution in [3.8, 4) is 0 Å². The molecule has 0 aromatic carbocycles. The largest absolute Gasteiger partial charge is 0.394 e. The van der Waals surface area contributed by atoms with Crippen molar-refractivity contribution in [1.29, 1.82) is 0 Å². The normalized spacial score (nSPS) is 10.5. The average Bonchev–Trinajstić information content (AvgIpc) is 2.25. The third-order valence-electron chi connectivity index (χ3n) is 2.55. The van der Waals surface area contributed by atoms with Crippen molar-refractivity contribution in [2.45, 2.75) is 33.6 Å². The van der Waals surface area contributed by atoms with Crippen LogP contribution in [0.4, 0.5) is 11.5 Å². The lowest BCUT2D eigenvalue weighted by atomic mass is 10.3. The number of hydrogen-bond donors (Lipinski definition) is 1. The molecule has 0 aliphatic heterocycles. The van der Waals surface area contributed by atoms with Gasteiger partial charge in [-0.15, -0.1) is 0 Å². The number of nitrogens with two attached hydrogens (primary N) is 1. The molecular weight excluding hydrogens is 224 g/mol. The number of nitrogen functional groups attached to an aromatic ring is 1. The second kappa shape index (κ2) is 5.89. The van der Waals surface area contributed by atoms with Crippen LogP contribution in [0.15, 0.2) is 0 Å². The van der Waals surface area contributed by atoms with Crippen LogP contribution in [-0.2, 0) is 0 Å². The van der Waals surface area contributed by atoms with Gasteiger partial charge in [0.25, 0.3) is 0 Å². The van der Waals surface area contributed by atoms with E-state index in [1.807, 2.05) is 6.92 Å². The molecular formula is C11H19ClN4. The molecule has 0 bridgehead atoms. The minimum Gasteiger partial charge on any atom is -0.394 e. The highest BCUT2D eigenvalue weighted by molar-refractivity contribution is 6.28. The summed E-state index contributed by atoms with van der Waals surface area (Å²) in [4.78, 5) is 10.4. The minimum absolute atomic E-state index is 0.261. The first-order chi connectivity index (χ1) is 7.60. The van der Waals surface area contributed by atoms with E-state index in [0.29, 0.717) is 5.69 Å². The Kier molecular flexibility index (Phi) is 4.80. The van der Waals surface area contributed by atoms with Gasteiger partial charge in [-0.1, -0.05) is 13.3 Å². The number of unbranched alkanes of at least 4 members (excludes halogenated alkanes) is 1. The molecule has 1 rings (SSSR count). The smallest absolute Gasteiger partial charge is 0.224 e. The summed E-state index contributed by atoms with van der Waals surface area (Å²) in [7, 11) is 0. The van der Waals surface area contributed by atoms with Crippen molar-refractivity contribution in [2.24, 2.45) is 0 Å². The van der Waals surface area contributed by atoms with Crippen molar-refractivity contribution >= 4 is 23.1 Å². The van der Waals surface area contributed by atoms with Gasteiger partial charge < -0.3 is 10.6 Å². The van der Waals surface area contributed by atoms with E-state index in [-0.39, 0.29) is 5.28 Å². The SMILES string of the molecule is CCCCN(CC)c1nc(Cl)nc(C)c1N. The van der Waals surface area contributed by atoms with Crippen LogP contribution in [0.5, 0.6) is 0 Å². The van der Waals surface area contributed by atoms with Crippen LogP contribution < -0.4 is 10.6 Å². The Labute approximate surface area is 102 Å². The molecule has 0 unspecified atom stereocenters. The Morgan fingerprint density at radius 3 is 2.56 bits per heavy atom. The van der Waals surface area contributed by atoms with Gasteiger partial charge in [0.2, 0.25) is 5.28 Å². The molecule has 1 aromatic rings. The lowest BCUT2D eigenvalue weighted by Gasteiger charge is -2.23. The first kappa shape index (κ1) is 13.0. The molecule has 16 heavy (non-hydrogen) atoms. The average molecular weight is 243 g/mol. The zero-order valence-corrected chi connectivity index (χ0v) is 10.9. The van der Waals surface area contributed by atoms with Gasteiger partial charge in [0.15, 0.2) is 5.82 Å². The zero-order valence-electron chi connectivity index (χ0n) is 10.1. The number of nitrogens with zero attached hydrogens (tertiary/aromatic N) is 3. The van der Waals surface area contributed by atoms with Crippen LogP contribution in [0.2, 0.25) is 5.28 Å². The predicted molar refractivity (Wildman–Crippen MR) is 69.0 cm³/mol. The van der Waals surface area contributed by atoms with Crippen LogP contribution in [-0.4, -0.2) is 23.1 Å². The highest BCUT2D eigenvalue weighted by atomic mass is 35.5. The molecule has 1 aromatic heterocycles. The molecule has 0 aliphatic rings. The van der Waals surface area contributed by atoms with Crippen LogP contribution in [0, 0.1) is 6.92 Å². The molecule has 0 aliphatic carbocycles. The quantitative estimate of drug-likeness (QED) is 0.807. The second-order valence-corrected chi connectivity index (χ2v) is 4.09. The van der Waals surface area contributed by atoms with Gasteiger partial charge in [0.05, 0.1) is 11.4 Å². The van der Waals surface area contributed by atoms with Crippen molar-refractivity contribution in [3.63, 3.8) is 0 Å². The Morgan fingerprint density at radius 1 is 1.31 bits per heavy atom. The van der Waals surface area contributed by atoms with Gasteiger partial charge >= 0.3 is 0 Å². The minimum atomic E-state index is 0.261. The van der Waals surface area contributed by atoms with Gasteiger partial charge in [-0.3, -0.25) is 0 Å². The number of rotatable bonds is 5. The third kappa shape index (κ3) is 2.98. The third-order valence-corrected chi connectivity index (χ3v) is 2.72. The molecule has 0 saturated carbocycles. The van der Waals surface area contributed by atoms with Crippen molar-refractivity contribution in [3.05, 3.63) is 11.0 Å². The van der Waals surface area contributed by atoms with Gasteiger partial charge in [-0.2, -0.15) is 4.98 Å². The number of aryl methyl sites for hydroxylation is 1. The summed E-state index contributed by atoms with van der Waals surface area (Å²) in [5.41, 5.74) is 7.34. The van der Waals surface area contributed by atoms with Crippen LogP contribution in [0.3, 0.4) is 0 Å². The van der Waals surface area contributed by atoms with Crippen molar-refractivity contribution in [2.75, 3.05) is 23.7 Å². The van der Waals surface area contributed by atoms with E-state index in [2.05, 4.69) is 28.7 Å². The summed E-state index contributed by atoms with van der Waals surface area (Å²) in [5, 5.41) is 0.261. The second-order valence-electron chi connectivity index (χ2n) is 3.75. The Bertz CT molecular complexity index is 354. The molecule has 1 heterocycles. The van der Waals surface area contributed by atoms with Gasteiger partial charge in [0.1, 0.15) is 0 Å². The van der Waals surface area contributed by atoms with E-state index in [0.717, 1.165) is 37.4 Å². The molecule has 5 heteroatoms. The fourth-order valence-corrected chi connectivity index (χ4v) is 1.74. The first-order valence-corrected chi connectivity index (χ1v) is 6.02. The Morgan fingerprint density at radius 2 is 2.00 bits per heavy atom. The topological polar surface area (TPSA) is 55.0 Å². The monoisotopic (exact) mass is 242 g/mol. The highest BCUT2D eigenvalue weighted by Gasteiger charge is 2.13. The summed E-state index contributed by atoms with van der Waals surface area (Å²) in [6, 6.07) is 0. The van der Waals surface area contributed by atoms with E-state index in [9.17, 15) is 0 Å². The Balaban J connectivity index is 2.99. The van der Waals surface area contributed by atoms with Gasteiger partial charge in [0, 0.05) is 13.1 Å². The van der Waals surface area contributed by atoms with E-state index in [4.69, 9.17) is 17.3 Å². The van der Waals surface area contributed by atoms with Gasteiger partial charge in [-0.05, 0) is 31.9 Å². The van der Waals surface area contributed by atoms with E-state index < -0.39 is 0 Å². The number of halogens is 1. The standard InChI is InChI=1S/C11H19ClN4/c1-4-6-7-16(5-2)10-9(13)8(3)14-11(12)15-10/h4-7,13H2,1-3H3. The molecule has 0 fully saturated rings. The predicted octanol–water partition coefficient (Wildman–Crippen LogP) is 2.65. The molecule has 0 radical (unpaired) electrons. The van der Waals surface area contributed by atoms with E-state index >= 15 is 0 Å². The maximum atomic E-state index is 5.97. The maximum absolute atomic E-state index is 5.97. The summed E-state index contributed by atoms with van der Waals surface area (Å²) < 4.78 is 0. The summed E-state index contributed by atoms with van der Waals surface area (Å²) in [5.74, 6) is 0.758. The Hall–Kier alpha value is -1.03. The van der Waals surface area contributed by atoms with Crippen LogP contribution in [0.1, 0.15) is 32.4 Å². The molecule has 0 amide bonds. The highest BCUT2D eigenvalue weighted by Crippen LogP contribution is 2.24. The molecule has 0 saturated heterocycles.